The van der Waals surface area contributed by atoms with Crippen LogP contribution in [-0.4, -0.2) is 56.6 Å². The van der Waals surface area contributed by atoms with Crippen LogP contribution in [0, 0.1) is 6.92 Å². The van der Waals surface area contributed by atoms with Gasteiger partial charge >= 0.3 is 0 Å². The number of hydrogen-bond donors (Lipinski definition) is 2. The van der Waals surface area contributed by atoms with E-state index in [4.69, 9.17) is 4.74 Å². The minimum Gasteiger partial charge on any atom is -0.383 e. The number of carbonyl (C=O) groups is 2. The Morgan fingerprint density at radius 1 is 1.25 bits per heavy atom. The second kappa shape index (κ2) is 9.76. The van der Waals surface area contributed by atoms with Gasteiger partial charge in [-0.05, 0) is 43.8 Å². The van der Waals surface area contributed by atoms with E-state index < -0.39 is 0 Å². The number of carbonyl (C=O) groups excluding carboxylic acids is 2. The van der Waals surface area contributed by atoms with Gasteiger partial charge in [-0.3, -0.25) is 14.5 Å². The summed E-state index contributed by atoms with van der Waals surface area (Å²) in [4.78, 5) is 27.4. The van der Waals surface area contributed by atoms with Gasteiger partial charge in [0, 0.05) is 13.7 Å². The summed E-state index contributed by atoms with van der Waals surface area (Å²) in [6.45, 7) is 5.16. The average Bonchev–Trinajstić information content (AvgIpc) is 2.76. The van der Waals surface area contributed by atoms with E-state index in [2.05, 4.69) is 15.5 Å². The van der Waals surface area contributed by atoms with Crippen LogP contribution in [-0.2, 0) is 9.53 Å². The highest BCUT2D eigenvalue weighted by atomic mass is 32.1. The third-order valence-electron chi connectivity index (χ3n) is 4.10. The van der Waals surface area contributed by atoms with Crippen molar-refractivity contribution >= 4 is 28.8 Å². The van der Waals surface area contributed by atoms with E-state index in [1.807, 2.05) is 12.3 Å². The molecule has 1 aromatic heterocycles. The van der Waals surface area contributed by atoms with Crippen LogP contribution >= 0.6 is 11.3 Å². The molecular formula is C17H27N3O3S. The molecule has 0 saturated carbocycles. The van der Waals surface area contributed by atoms with Crippen molar-refractivity contribution in [3.05, 3.63) is 15.8 Å². The van der Waals surface area contributed by atoms with E-state index in [9.17, 15) is 9.59 Å². The summed E-state index contributed by atoms with van der Waals surface area (Å²) < 4.78 is 4.94. The standard InChI is InChI=1S/C17H27N3O3S/c1-13-12-24-16(17(22)18-7-10-23-2)15(13)19-14(21)11-20-8-5-3-4-6-9-20/h12H,3-11H2,1-2H3,(H,18,22)(H,19,21). The van der Waals surface area contributed by atoms with Crippen molar-refractivity contribution in [2.75, 3.05) is 45.2 Å². The summed E-state index contributed by atoms with van der Waals surface area (Å²) in [5.74, 6) is -0.223. The molecule has 6 nitrogen and oxygen atoms in total. The Kier molecular flexibility index (Phi) is 7.68. The van der Waals surface area contributed by atoms with E-state index >= 15 is 0 Å². The number of nitrogens with zero attached hydrogens (tertiary/aromatic N) is 1. The monoisotopic (exact) mass is 353 g/mol. The van der Waals surface area contributed by atoms with Crippen molar-refractivity contribution in [1.29, 1.82) is 0 Å². The first-order chi connectivity index (χ1) is 11.6. The third kappa shape index (κ3) is 5.58. The summed E-state index contributed by atoms with van der Waals surface area (Å²) in [5.41, 5.74) is 1.55. The Balaban J connectivity index is 1.94. The molecule has 24 heavy (non-hydrogen) atoms. The summed E-state index contributed by atoms with van der Waals surface area (Å²) in [5, 5.41) is 7.63. The second-order valence-corrected chi connectivity index (χ2v) is 6.99. The molecule has 1 saturated heterocycles. The zero-order valence-corrected chi connectivity index (χ0v) is 15.3. The highest BCUT2D eigenvalue weighted by molar-refractivity contribution is 7.13. The zero-order valence-electron chi connectivity index (χ0n) is 14.5. The lowest BCUT2D eigenvalue weighted by molar-refractivity contribution is -0.117. The van der Waals surface area contributed by atoms with Gasteiger partial charge in [0.15, 0.2) is 0 Å². The van der Waals surface area contributed by atoms with Gasteiger partial charge in [0.25, 0.3) is 5.91 Å². The largest absolute Gasteiger partial charge is 0.383 e. The summed E-state index contributed by atoms with van der Waals surface area (Å²) in [7, 11) is 1.59. The van der Waals surface area contributed by atoms with Gasteiger partial charge in [-0.2, -0.15) is 0 Å². The fraction of sp³-hybridized carbons (Fsp3) is 0.647. The van der Waals surface area contributed by atoms with Gasteiger partial charge in [-0.1, -0.05) is 12.8 Å². The first-order valence-corrected chi connectivity index (χ1v) is 9.37. The number of methoxy groups -OCH3 is 1. The molecule has 2 heterocycles. The average molecular weight is 353 g/mol. The molecular weight excluding hydrogens is 326 g/mol. The molecule has 2 amide bonds. The SMILES string of the molecule is COCCNC(=O)c1scc(C)c1NC(=O)CN1CCCCCC1. The van der Waals surface area contributed by atoms with E-state index in [1.165, 1.54) is 24.2 Å². The van der Waals surface area contributed by atoms with Crippen LogP contribution in [0.5, 0.6) is 0 Å². The number of ether oxygens (including phenoxy) is 1. The van der Waals surface area contributed by atoms with Gasteiger partial charge < -0.3 is 15.4 Å². The maximum absolute atomic E-state index is 12.4. The van der Waals surface area contributed by atoms with E-state index in [-0.39, 0.29) is 11.8 Å². The number of amides is 2. The number of likely N-dealkylation sites (tertiary alicyclic amines) is 1. The summed E-state index contributed by atoms with van der Waals surface area (Å²) >= 11 is 1.35. The number of hydrogen-bond acceptors (Lipinski definition) is 5. The fourth-order valence-electron chi connectivity index (χ4n) is 2.79. The molecule has 2 N–H and O–H groups in total. The molecule has 1 aliphatic heterocycles. The van der Waals surface area contributed by atoms with Gasteiger partial charge in [0.05, 0.1) is 18.8 Å². The quantitative estimate of drug-likeness (QED) is 0.738. The molecule has 134 valence electrons. The lowest BCUT2D eigenvalue weighted by atomic mass is 10.2. The van der Waals surface area contributed by atoms with Crippen LogP contribution in [0.25, 0.3) is 0 Å². The second-order valence-electron chi connectivity index (χ2n) is 6.11. The predicted molar refractivity (Wildman–Crippen MR) is 96.8 cm³/mol. The van der Waals surface area contributed by atoms with Crippen LogP contribution in [0.15, 0.2) is 5.38 Å². The van der Waals surface area contributed by atoms with E-state index in [1.54, 1.807) is 7.11 Å². The summed E-state index contributed by atoms with van der Waals surface area (Å²) in [6, 6.07) is 0. The Labute approximate surface area is 147 Å². The van der Waals surface area contributed by atoms with Crippen LogP contribution in [0.1, 0.15) is 40.9 Å². The number of nitrogens with one attached hydrogen (secondary N) is 2. The number of rotatable bonds is 7. The molecule has 7 heteroatoms. The maximum Gasteiger partial charge on any atom is 0.263 e. The number of anilines is 1. The Morgan fingerprint density at radius 3 is 2.62 bits per heavy atom. The van der Waals surface area contributed by atoms with Gasteiger partial charge in [-0.15, -0.1) is 11.3 Å². The zero-order chi connectivity index (χ0) is 17.4. The van der Waals surface area contributed by atoms with Gasteiger partial charge in [0.2, 0.25) is 5.91 Å². The molecule has 0 bridgehead atoms. The summed E-state index contributed by atoms with van der Waals surface area (Å²) in [6.07, 6.45) is 4.79. The molecule has 0 aliphatic carbocycles. The number of aryl methyl sites for hydroxylation is 1. The predicted octanol–water partition coefficient (Wildman–Crippen LogP) is 2.25. The third-order valence-corrected chi connectivity index (χ3v) is 5.20. The highest BCUT2D eigenvalue weighted by Gasteiger charge is 2.19. The van der Waals surface area contributed by atoms with Crippen LogP contribution in [0.4, 0.5) is 5.69 Å². The normalized spacial score (nSPS) is 15.8. The van der Waals surface area contributed by atoms with E-state index in [0.29, 0.717) is 30.3 Å². The number of thiophene rings is 1. The smallest absolute Gasteiger partial charge is 0.263 e. The first-order valence-electron chi connectivity index (χ1n) is 8.49. The molecule has 0 unspecified atom stereocenters. The Hall–Kier alpha value is -1.44. The highest BCUT2D eigenvalue weighted by Crippen LogP contribution is 2.27. The van der Waals surface area contributed by atoms with E-state index in [0.717, 1.165) is 31.5 Å². The molecule has 2 rings (SSSR count). The minimum atomic E-state index is -0.171. The lowest BCUT2D eigenvalue weighted by Crippen LogP contribution is -2.34. The van der Waals surface area contributed by atoms with Crippen molar-refractivity contribution in [2.45, 2.75) is 32.6 Å². The van der Waals surface area contributed by atoms with Gasteiger partial charge in [0.1, 0.15) is 4.88 Å². The first kappa shape index (κ1) is 18.9. The topological polar surface area (TPSA) is 70.7 Å². The van der Waals surface area contributed by atoms with Crippen LogP contribution in [0.3, 0.4) is 0 Å². The van der Waals surface area contributed by atoms with Gasteiger partial charge in [-0.25, -0.2) is 0 Å². The maximum atomic E-state index is 12.4. The molecule has 1 aliphatic rings. The molecule has 1 aromatic rings. The van der Waals surface area contributed by atoms with Crippen molar-refractivity contribution in [3.8, 4) is 0 Å². The van der Waals surface area contributed by atoms with Crippen molar-refractivity contribution in [3.63, 3.8) is 0 Å². The van der Waals surface area contributed by atoms with Crippen molar-refractivity contribution in [2.24, 2.45) is 0 Å². The van der Waals surface area contributed by atoms with Crippen LogP contribution in [0.2, 0.25) is 0 Å². The molecule has 0 atom stereocenters. The Morgan fingerprint density at radius 2 is 1.96 bits per heavy atom. The minimum absolute atomic E-state index is 0.0515. The van der Waals surface area contributed by atoms with Crippen molar-refractivity contribution < 1.29 is 14.3 Å². The molecule has 0 aromatic carbocycles. The molecule has 1 fully saturated rings. The molecule has 0 spiro atoms. The Bertz CT molecular complexity index is 551. The lowest BCUT2D eigenvalue weighted by Gasteiger charge is -2.19. The van der Waals surface area contributed by atoms with Crippen molar-refractivity contribution in [1.82, 2.24) is 10.2 Å². The fourth-order valence-corrected chi connectivity index (χ4v) is 3.71. The molecule has 0 radical (unpaired) electrons. The van der Waals surface area contributed by atoms with Crippen LogP contribution < -0.4 is 10.6 Å².